The zero-order chi connectivity index (χ0) is 16.2. The van der Waals surface area contributed by atoms with Crippen molar-refractivity contribution >= 4 is 17.8 Å². The Morgan fingerprint density at radius 2 is 2.09 bits per heavy atom. The molecule has 1 unspecified atom stereocenters. The number of hydrogen-bond donors (Lipinski definition) is 1. The number of carboxylic acids is 1. The van der Waals surface area contributed by atoms with Crippen LogP contribution in [0.1, 0.15) is 44.2 Å². The maximum atomic E-state index is 12.3. The minimum Gasteiger partial charge on any atom is -0.475 e. The zero-order valence-electron chi connectivity index (χ0n) is 12.8. The molecule has 0 fully saturated rings. The van der Waals surface area contributed by atoms with E-state index < -0.39 is 11.6 Å². The van der Waals surface area contributed by atoms with Gasteiger partial charge in [-0.2, -0.15) is 0 Å². The minimum absolute atomic E-state index is 0.308. The van der Waals surface area contributed by atoms with E-state index in [0.717, 1.165) is 30.9 Å². The van der Waals surface area contributed by atoms with Crippen LogP contribution in [-0.4, -0.2) is 16.9 Å². The fraction of sp³-hybridized carbons (Fsp3) is 0.333. The van der Waals surface area contributed by atoms with Crippen molar-refractivity contribution in [3.05, 3.63) is 53.3 Å². The summed E-state index contributed by atoms with van der Waals surface area (Å²) in [6.07, 6.45) is 8.28. The van der Waals surface area contributed by atoms with Crippen LogP contribution in [0.4, 0.5) is 0 Å². The van der Waals surface area contributed by atoms with Crippen molar-refractivity contribution in [3.63, 3.8) is 0 Å². The Balaban J connectivity index is 2.31. The summed E-state index contributed by atoms with van der Waals surface area (Å²) in [5.41, 5.74) is 0.272. The first-order valence-electron chi connectivity index (χ1n) is 7.43. The molecule has 4 heteroatoms. The summed E-state index contributed by atoms with van der Waals surface area (Å²) >= 11 is 0. The lowest BCUT2D eigenvalue weighted by Gasteiger charge is -2.25. The monoisotopic (exact) mass is 300 g/mol. The SMILES string of the molecule is CCCCC=Cc1ccccc1C1(C)OC(C(=O)O)=CC1=O. The Labute approximate surface area is 130 Å². The molecule has 1 N–H and O–H groups in total. The van der Waals surface area contributed by atoms with E-state index in [4.69, 9.17) is 9.84 Å². The summed E-state index contributed by atoms with van der Waals surface area (Å²) in [5.74, 6) is -1.88. The van der Waals surface area contributed by atoms with E-state index in [2.05, 4.69) is 13.0 Å². The Morgan fingerprint density at radius 3 is 2.73 bits per heavy atom. The maximum absolute atomic E-state index is 12.3. The average Bonchev–Trinajstić information content (AvgIpc) is 2.81. The first kappa shape index (κ1) is 16.0. The van der Waals surface area contributed by atoms with Crippen LogP contribution >= 0.6 is 0 Å². The number of rotatable bonds is 6. The Morgan fingerprint density at radius 1 is 1.36 bits per heavy atom. The molecule has 1 aromatic carbocycles. The highest BCUT2D eigenvalue weighted by Crippen LogP contribution is 2.37. The van der Waals surface area contributed by atoms with Gasteiger partial charge in [-0.1, -0.05) is 56.2 Å². The molecular weight excluding hydrogens is 280 g/mol. The van der Waals surface area contributed by atoms with Gasteiger partial charge in [0.1, 0.15) is 0 Å². The number of carbonyl (C=O) groups is 2. The molecule has 1 heterocycles. The topological polar surface area (TPSA) is 63.6 Å². The molecular formula is C18H20O4. The quantitative estimate of drug-likeness (QED) is 0.814. The standard InChI is InChI=1S/C18H20O4/c1-3-4-5-6-9-13-10-7-8-11-14(13)18(2)16(19)12-15(22-18)17(20)21/h6-12H,3-5H2,1-2H3,(H,20,21). The van der Waals surface area contributed by atoms with Crippen molar-refractivity contribution in [2.75, 3.05) is 0 Å². The second-order valence-corrected chi connectivity index (χ2v) is 5.45. The molecule has 2 rings (SSSR count). The lowest BCUT2D eigenvalue weighted by Crippen LogP contribution is -2.31. The van der Waals surface area contributed by atoms with Crippen LogP contribution in [0.15, 0.2) is 42.2 Å². The molecule has 1 aliphatic rings. The predicted molar refractivity (Wildman–Crippen MR) is 84.2 cm³/mol. The Hall–Kier alpha value is -2.36. The molecule has 22 heavy (non-hydrogen) atoms. The second kappa shape index (κ2) is 6.60. The number of allylic oxidation sites excluding steroid dienone is 1. The second-order valence-electron chi connectivity index (χ2n) is 5.45. The van der Waals surface area contributed by atoms with E-state index in [9.17, 15) is 9.59 Å². The highest BCUT2D eigenvalue weighted by molar-refractivity contribution is 6.06. The summed E-state index contributed by atoms with van der Waals surface area (Å²) in [7, 11) is 0. The summed E-state index contributed by atoms with van der Waals surface area (Å²) < 4.78 is 5.45. The molecule has 1 aromatic rings. The fourth-order valence-electron chi connectivity index (χ4n) is 2.46. The van der Waals surface area contributed by atoms with Gasteiger partial charge in [0.2, 0.25) is 11.5 Å². The maximum Gasteiger partial charge on any atom is 0.371 e. The normalized spacial score (nSPS) is 21.0. The van der Waals surface area contributed by atoms with Gasteiger partial charge in [0, 0.05) is 11.6 Å². The third-order valence-electron chi connectivity index (χ3n) is 3.75. The number of hydrogen-bond acceptors (Lipinski definition) is 3. The largest absolute Gasteiger partial charge is 0.475 e. The molecule has 1 atom stereocenters. The molecule has 0 aliphatic carbocycles. The number of ketones is 1. The van der Waals surface area contributed by atoms with Gasteiger partial charge in [-0.3, -0.25) is 4.79 Å². The van der Waals surface area contributed by atoms with E-state index in [1.165, 1.54) is 0 Å². The highest BCUT2D eigenvalue weighted by atomic mass is 16.5. The highest BCUT2D eigenvalue weighted by Gasteiger charge is 2.44. The van der Waals surface area contributed by atoms with E-state index in [1.54, 1.807) is 13.0 Å². The predicted octanol–water partition coefficient (Wildman–Crippen LogP) is 3.67. The van der Waals surface area contributed by atoms with Crippen molar-refractivity contribution in [1.29, 1.82) is 0 Å². The zero-order valence-corrected chi connectivity index (χ0v) is 12.8. The number of unbranched alkanes of at least 4 members (excludes halogenated alkanes) is 2. The lowest BCUT2D eigenvalue weighted by molar-refractivity contribution is -0.141. The number of aliphatic carboxylic acids is 1. The van der Waals surface area contributed by atoms with Crippen LogP contribution in [0, 0.1) is 0 Å². The fourth-order valence-corrected chi connectivity index (χ4v) is 2.46. The van der Waals surface area contributed by atoms with Crippen molar-refractivity contribution < 1.29 is 19.4 Å². The van der Waals surface area contributed by atoms with Crippen LogP contribution in [0.3, 0.4) is 0 Å². The minimum atomic E-state index is -1.28. The molecule has 0 radical (unpaired) electrons. The third kappa shape index (κ3) is 3.11. The van der Waals surface area contributed by atoms with E-state index in [0.29, 0.717) is 5.56 Å². The number of benzene rings is 1. The lowest BCUT2D eigenvalue weighted by atomic mass is 9.88. The van der Waals surface area contributed by atoms with Gasteiger partial charge in [-0.05, 0) is 18.9 Å². The number of carbonyl (C=O) groups excluding carboxylic acids is 1. The van der Waals surface area contributed by atoms with Crippen LogP contribution in [-0.2, 0) is 19.9 Å². The van der Waals surface area contributed by atoms with Crippen molar-refractivity contribution in [3.8, 4) is 0 Å². The van der Waals surface area contributed by atoms with Gasteiger partial charge in [0.15, 0.2) is 5.60 Å². The Bertz CT molecular complexity index is 642. The van der Waals surface area contributed by atoms with E-state index >= 15 is 0 Å². The van der Waals surface area contributed by atoms with E-state index in [1.807, 2.05) is 24.3 Å². The van der Waals surface area contributed by atoms with Crippen molar-refractivity contribution in [2.45, 2.75) is 38.7 Å². The smallest absolute Gasteiger partial charge is 0.371 e. The summed E-state index contributed by atoms with van der Waals surface area (Å²) in [6.45, 7) is 3.74. The summed E-state index contributed by atoms with van der Waals surface area (Å²) in [6, 6.07) is 7.41. The third-order valence-corrected chi connectivity index (χ3v) is 3.75. The molecule has 0 amide bonds. The molecule has 1 aliphatic heterocycles. The van der Waals surface area contributed by atoms with Crippen molar-refractivity contribution in [2.24, 2.45) is 0 Å². The van der Waals surface area contributed by atoms with Gasteiger partial charge >= 0.3 is 5.97 Å². The van der Waals surface area contributed by atoms with Crippen LogP contribution in [0.5, 0.6) is 0 Å². The molecule has 0 saturated heterocycles. The number of ether oxygens (including phenoxy) is 1. The van der Waals surface area contributed by atoms with Crippen LogP contribution < -0.4 is 0 Å². The van der Waals surface area contributed by atoms with E-state index in [-0.39, 0.29) is 11.5 Å². The molecule has 4 nitrogen and oxygen atoms in total. The van der Waals surface area contributed by atoms with Gasteiger partial charge in [0.05, 0.1) is 0 Å². The molecule has 0 bridgehead atoms. The Kier molecular flexibility index (Phi) is 4.81. The van der Waals surface area contributed by atoms with Gasteiger partial charge in [-0.25, -0.2) is 4.79 Å². The summed E-state index contributed by atoms with van der Waals surface area (Å²) in [5, 5.41) is 9.02. The van der Waals surface area contributed by atoms with Gasteiger partial charge in [0.25, 0.3) is 0 Å². The first-order chi connectivity index (χ1) is 10.5. The summed E-state index contributed by atoms with van der Waals surface area (Å²) in [4.78, 5) is 23.3. The number of carboxylic acid groups (broad SMARTS) is 1. The molecule has 0 saturated carbocycles. The van der Waals surface area contributed by atoms with Crippen molar-refractivity contribution in [1.82, 2.24) is 0 Å². The van der Waals surface area contributed by atoms with Gasteiger partial charge < -0.3 is 9.84 Å². The molecule has 116 valence electrons. The first-order valence-corrected chi connectivity index (χ1v) is 7.43. The van der Waals surface area contributed by atoms with Gasteiger partial charge in [-0.15, -0.1) is 0 Å². The molecule has 0 aromatic heterocycles. The average molecular weight is 300 g/mol. The van der Waals surface area contributed by atoms with Crippen LogP contribution in [0.2, 0.25) is 0 Å². The molecule has 0 spiro atoms. The van der Waals surface area contributed by atoms with Crippen LogP contribution in [0.25, 0.3) is 6.08 Å².